The van der Waals surface area contributed by atoms with Gasteiger partial charge in [-0.15, -0.1) is 13.2 Å². The lowest BCUT2D eigenvalue weighted by Crippen LogP contribution is -2.17. The average molecular weight is 231 g/mol. The largest absolute Gasteiger partial charge is 0.573 e. The molecular weight excluding hydrogens is 217 g/mol. The van der Waals surface area contributed by atoms with Crippen LogP contribution >= 0.6 is 0 Å². The number of benzene rings is 1. The number of rotatable bonds is 4. The topological polar surface area (TPSA) is 9.23 Å². The van der Waals surface area contributed by atoms with E-state index < -0.39 is 6.36 Å². The lowest BCUT2D eigenvalue weighted by atomic mass is 9.97. The maximum absolute atomic E-state index is 11.9. The van der Waals surface area contributed by atoms with Gasteiger partial charge in [0.1, 0.15) is 5.75 Å². The molecule has 1 nitrogen and oxygen atoms in total. The van der Waals surface area contributed by atoms with Crippen LogP contribution in [0.15, 0.2) is 24.3 Å². The van der Waals surface area contributed by atoms with Crippen molar-refractivity contribution in [3.63, 3.8) is 0 Å². The smallest absolute Gasteiger partial charge is 0.406 e. The van der Waals surface area contributed by atoms with Crippen LogP contribution in [0.2, 0.25) is 0 Å². The fraction of sp³-hybridized carbons (Fsp3) is 0.417. The number of hydrogen-bond acceptors (Lipinski definition) is 1. The van der Waals surface area contributed by atoms with Crippen molar-refractivity contribution in [2.45, 2.75) is 32.0 Å². The molecule has 0 aliphatic heterocycles. The molecule has 16 heavy (non-hydrogen) atoms. The minimum Gasteiger partial charge on any atom is -0.406 e. The first-order valence-corrected chi connectivity index (χ1v) is 5.07. The molecule has 1 unspecified atom stereocenters. The van der Waals surface area contributed by atoms with Crippen molar-refractivity contribution in [2.75, 3.05) is 0 Å². The highest BCUT2D eigenvalue weighted by molar-refractivity contribution is 5.29. The lowest BCUT2D eigenvalue weighted by Gasteiger charge is -2.12. The molecule has 0 aliphatic rings. The van der Waals surface area contributed by atoms with Crippen LogP contribution in [0.5, 0.6) is 5.75 Å². The van der Waals surface area contributed by atoms with Crippen LogP contribution in [-0.2, 0) is 0 Å². The van der Waals surface area contributed by atoms with E-state index in [2.05, 4.69) is 11.7 Å². The lowest BCUT2D eigenvalue weighted by molar-refractivity contribution is -0.274. The Labute approximate surface area is 93.2 Å². The summed E-state index contributed by atoms with van der Waals surface area (Å²) in [6, 6.07) is 5.98. The molecular formula is C12H14F3O. The quantitative estimate of drug-likeness (QED) is 0.750. The second-order valence-electron chi connectivity index (χ2n) is 3.66. The standard InChI is InChI=1S/C12H14F3O/c1-3-4-9(2)10-5-7-11(8-6-10)16-12(13,14)15/h5-9H,1,3-4H2,2H3. The van der Waals surface area contributed by atoms with E-state index in [4.69, 9.17) is 0 Å². The molecule has 89 valence electrons. The molecule has 0 N–H and O–H groups in total. The fourth-order valence-corrected chi connectivity index (χ4v) is 1.47. The van der Waals surface area contributed by atoms with Gasteiger partial charge in [-0.2, -0.15) is 0 Å². The summed E-state index contributed by atoms with van der Waals surface area (Å²) in [6.07, 6.45) is -2.90. The fourth-order valence-electron chi connectivity index (χ4n) is 1.47. The third-order valence-electron chi connectivity index (χ3n) is 2.32. The summed E-state index contributed by atoms with van der Waals surface area (Å²) in [5, 5.41) is 0. The molecule has 0 fully saturated rings. The van der Waals surface area contributed by atoms with Crippen molar-refractivity contribution in [1.82, 2.24) is 0 Å². The molecule has 0 aliphatic carbocycles. The summed E-state index contributed by atoms with van der Waals surface area (Å²) in [7, 11) is 0. The third-order valence-corrected chi connectivity index (χ3v) is 2.32. The first-order valence-electron chi connectivity index (χ1n) is 5.07. The van der Waals surface area contributed by atoms with Gasteiger partial charge in [-0.25, -0.2) is 0 Å². The molecule has 0 saturated carbocycles. The van der Waals surface area contributed by atoms with Crippen LogP contribution in [0, 0.1) is 6.92 Å². The van der Waals surface area contributed by atoms with E-state index in [0.29, 0.717) is 5.92 Å². The molecule has 1 rings (SSSR count). The summed E-state index contributed by atoms with van der Waals surface area (Å²) in [6.45, 7) is 5.76. The second kappa shape index (κ2) is 5.23. The predicted molar refractivity (Wildman–Crippen MR) is 56.1 cm³/mol. The zero-order valence-corrected chi connectivity index (χ0v) is 9.05. The Morgan fingerprint density at radius 1 is 1.25 bits per heavy atom. The van der Waals surface area contributed by atoms with Crippen molar-refractivity contribution in [2.24, 2.45) is 0 Å². The van der Waals surface area contributed by atoms with Gasteiger partial charge in [0.2, 0.25) is 0 Å². The Morgan fingerprint density at radius 3 is 2.25 bits per heavy atom. The maximum Gasteiger partial charge on any atom is 0.573 e. The van der Waals surface area contributed by atoms with E-state index in [9.17, 15) is 13.2 Å². The van der Waals surface area contributed by atoms with Gasteiger partial charge in [-0.05, 0) is 30.0 Å². The van der Waals surface area contributed by atoms with Gasteiger partial charge in [0.15, 0.2) is 0 Å². The first kappa shape index (κ1) is 12.9. The average Bonchev–Trinajstić information content (AvgIpc) is 2.16. The van der Waals surface area contributed by atoms with Crippen molar-refractivity contribution < 1.29 is 17.9 Å². The summed E-state index contributed by atoms with van der Waals surface area (Å²) in [4.78, 5) is 0. The Hall–Kier alpha value is -1.19. The Bertz CT molecular complexity index is 316. The molecule has 1 aromatic rings. The number of halogens is 3. The van der Waals surface area contributed by atoms with E-state index >= 15 is 0 Å². The zero-order valence-electron chi connectivity index (χ0n) is 9.05. The van der Waals surface area contributed by atoms with E-state index in [1.54, 1.807) is 12.1 Å². The molecule has 0 amide bonds. The monoisotopic (exact) mass is 231 g/mol. The number of hydrogen-bond donors (Lipinski definition) is 0. The maximum atomic E-state index is 11.9. The zero-order chi connectivity index (χ0) is 12.2. The van der Waals surface area contributed by atoms with Crippen LogP contribution in [0.25, 0.3) is 0 Å². The minimum atomic E-state index is -4.62. The highest BCUT2D eigenvalue weighted by atomic mass is 19.4. The molecule has 4 heteroatoms. The summed E-state index contributed by atoms with van der Waals surface area (Å²) >= 11 is 0. The van der Waals surface area contributed by atoms with Crippen LogP contribution in [0.1, 0.15) is 31.2 Å². The Morgan fingerprint density at radius 2 is 1.81 bits per heavy atom. The molecule has 0 spiro atoms. The SMILES string of the molecule is [CH2]CCC(C)c1ccc(OC(F)(F)F)cc1. The van der Waals surface area contributed by atoms with Crippen molar-refractivity contribution in [1.29, 1.82) is 0 Å². The first-order chi connectivity index (χ1) is 7.42. The van der Waals surface area contributed by atoms with Crippen molar-refractivity contribution >= 4 is 0 Å². The van der Waals surface area contributed by atoms with Crippen molar-refractivity contribution in [3.05, 3.63) is 36.8 Å². The molecule has 1 radical (unpaired) electrons. The molecule has 0 bridgehead atoms. The van der Waals surface area contributed by atoms with Gasteiger partial charge in [-0.3, -0.25) is 0 Å². The van der Waals surface area contributed by atoms with Crippen LogP contribution in [0.3, 0.4) is 0 Å². The van der Waals surface area contributed by atoms with Gasteiger partial charge < -0.3 is 4.74 Å². The number of alkyl halides is 3. The van der Waals surface area contributed by atoms with Gasteiger partial charge in [-0.1, -0.05) is 32.4 Å². The van der Waals surface area contributed by atoms with E-state index in [1.807, 2.05) is 6.92 Å². The van der Waals surface area contributed by atoms with Crippen LogP contribution < -0.4 is 4.74 Å². The van der Waals surface area contributed by atoms with Crippen molar-refractivity contribution in [3.8, 4) is 5.75 Å². The van der Waals surface area contributed by atoms with Gasteiger partial charge >= 0.3 is 6.36 Å². The van der Waals surface area contributed by atoms with E-state index in [-0.39, 0.29) is 5.75 Å². The summed E-state index contributed by atoms with van der Waals surface area (Å²) in [5.74, 6) is 0.121. The highest BCUT2D eigenvalue weighted by Crippen LogP contribution is 2.26. The normalized spacial score (nSPS) is 13.6. The van der Waals surface area contributed by atoms with Gasteiger partial charge in [0, 0.05) is 0 Å². The third kappa shape index (κ3) is 4.13. The minimum absolute atomic E-state index is 0.182. The second-order valence-corrected chi connectivity index (χ2v) is 3.66. The van der Waals surface area contributed by atoms with E-state index in [0.717, 1.165) is 18.4 Å². The molecule has 1 aromatic carbocycles. The molecule has 0 saturated heterocycles. The molecule has 0 heterocycles. The van der Waals surface area contributed by atoms with Crippen LogP contribution in [-0.4, -0.2) is 6.36 Å². The highest BCUT2D eigenvalue weighted by Gasteiger charge is 2.30. The Kier molecular flexibility index (Phi) is 4.21. The molecule has 0 aromatic heterocycles. The predicted octanol–water partition coefficient (Wildman–Crippen LogP) is 4.30. The van der Waals surface area contributed by atoms with E-state index in [1.165, 1.54) is 12.1 Å². The molecule has 1 atom stereocenters. The Balaban J connectivity index is 2.68. The summed E-state index contributed by atoms with van der Waals surface area (Å²) in [5.41, 5.74) is 0.998. The van der Waals surface area contributed by atoms with Crippen LogP contribution in [0.4, 0.5) is 13.2 Å². The van der Waals surface area contributed by atoms with Gasteiger partial charge in [0.25, 0.3) is 0 Å². The number of ether oxygens (including phenoxy) is 1. The summed E-state index contributed by atoms with van der Waals surface area (Å²) < 4.78 is 39.5. The van der Waals surface area contributed by atoms with Gasteiger partial charge in [0.05, 0.1) is 0 Å².